The minimum atomic E-state index is 0.123. The second kappa shape index (κ2) is 1.33. The smallest absolute Gasteiger partial charge is 0.231 e. The van der Waals surface area contributed by atoms with Gasteiger partial charge < -0.3 is 4.52 Å². The Morgan fingerprint density at radius 1 is 1.71 bits per heavy atom. The molecular formula is C4H4N2O. The van der Waals surface area contributed by atoms with Gasteiger partial charge in [-0.15, -0.1) is 0 Å². The Morgan fingerprint density at radius 2 is 2.43 bits per heavy atom. The summed E-state index contributed by atoms with van der Waals surface area (Å²) in [6, 6.07) is 0. The highest BCUT2D eigenvalue weighted by Crippen LogP contribution is 1.89. The molecule has 1 aromatic rings. The van der Waals surface area contributed by atoms with Gasteiger partial charge in [0.1, 0.15) is 0 Å². The molecule has 0 saturated carbocycles. The third kappa shape index (κ3) is 0.765. The summed E-state index contributed by atoms with van der Waals surface area (Å²) in [6.45, 7) is 6.75. The second-order valence-electron chi connectivity index (χ2n) is 1.18. The zero-order valence-electron chi connectivity index (χ0n) is 3.88. The van der Waals surface area contributed by atoms with Crippen LogP contribution in [0.15, 0.2) is 4.52 Å². The van der Waals surface area contributed by atoms with Crippen LogP contribution in [0.1, 0.15) is 11.7 Å². The minimum Gasteiger partial charge on any atom is -0.339 e. The lowest BCUT2D eigenvalue weighted by atomic mass is 10.7. The van der Waals surface area contributed by atoms with Crippen LogP contribution in [0.4, 0.5) is 0 Å². The van der Waals surface area contributed by atoms with Crippen molar-refractivity contribution < 1.29 is 4.52 Å². The molecule has 0 aliphatic rings. The molecule has 2 radical (unpaired) electrons. The van der Waals surface area contributed by atoms with Crippen LogP contribution in [0.25, 0.3) is 0 Å². The van der Waals surface area contributed by atoms with Crippen molar-refractivity contribution in [3.05, 3.63) is 18.6 Å². The van der Waals surface area contributed by atoms with Crippen molar-refractivity contribution in [3.8, 4) is 0 Å². The maximum absolute atomic E-state index is 5.04. The third-order valence-corrected chi connectivity index (χ3v) is 0.543. The Hall–Kier alpha value is -0.860. The highest BCUT2D eigenvalue weighted by Gasteiger charge is 1.90. The fourth-order valence-corrected chi connectivity index (χ4v) is 0.313. The lowest BCUT2D eigenvalue weighted by Crippen LogP contribution is -1.70. The molecule has 3 heteroatoms. The average Bonchev–Trinajstić information content (AvgIpc) is 1.87. The van der Waals surface area contributed by atoms with E-state index in [2.05, 4.69) is 14.7 Å². The molecule has 0 aromatic carbocycles. The van der Waals surface area contributed by atoms with Gasteiger partial charge in [0, 0.05) is 0 Å². The summed E-state index contributed by atoms with van der Waals surface area (Å²) in [5, 5.41) is 3.41. The van der Waals surface area contributed by atoms with E-state index in [1.54, 1.807) is 6.92 Å². The highest BCUT2D eigenvalue weighted by molar-refractivity contribution is 4.84. The number of hydrogen-bond acceptors (Lipinski definition) is 3. The Labute approximate surface area is 41.3 Å². The van der Waals surface area contributed by atoms with Crippen molar-refractivity contribution >= 4 is 0 Å². The molecule has 36 valence electrons. The Kier molecular flexibility index (Phi) is 0.817. The molecule has 0 atom stereocenters. The number of nitrogens with zero attached hydrogens (tertiary/aromatic N) is 2. The monoisotopic (exact) mass is 96.0 g/mol. The van der Waals surface area contributed by atoms with Crippen LogP contribution in [0.2, 0.25) is 0 Å². The van der Waals surface area contributed by atoms with Gasteiger partial charge in [0.25, 0.3) is 0 Å². The van der Waals surface area contributed by atoms with E-state index in [-0.39, 0.29) is 5.89 Å². The molecule has 1 heterocycles. The first-order valence-electron chi connectivity index (χ1n) is 1.85. The van der Waals surface area contributed by atoms with E-state index < -0.39 is 0 Å². The van der Waals surface area contributed by atoms with Gasteiger partial charge in [-0.3, -0.25) is 0 Å². The van der Waals surface area contributed by atoms with Crippen molar-refractivity contribution in [2.45, 2.75) is 6.92 Å². The maximum Gasteiger partial charge on any atom is 0.231 e. The van der Waals surface area contributed by atoms with E-state index in [0.717, 1.165) is 0 Å². The summed E-state index contributed by atoms with van der Waals surface area (Å²) >= 11 is 0. The zero-order valence-corrected chi connectivity index (χ0v) is 3.88. The van der Waals surface area contributed by atoms with Crippen LogP contribution in [-0.2, 0) is 0 Å². The molecular weight excluding hydrogens is 92.1 g/mol. The Balaban J connectivity index is 3.04. The fourth-order valence-electron chi connectivity index (χ4n) is 0.313. The largest absolute Gasteiger partial charge is 0.339 e. The molecule has 0 amide bonds. The minimum absolute atomic E-state index is 0.123. The topological polar surface area (TPSA) is 38.9 Å². The summed E-state index contributed by atoms with van der Waals surface area (Å²) in [5.74, 6) is 0.690. The van der Waals surface area contributed by atoms with Gasteiger partial charge in [-0.1, -0.05) is 5.16 Å². The second-order valence-corrected chi connectivity index (χ2v) is 1.18. The van der Waals surface area contributed by atoms with E-state index in [4.69, 9.17) is 6.92 Å². The van der Waals surface area contributed by atoms with E-state index in [0.29, 0.717) is 5.82 Å². The third-order valence-electron chi connectivity index (χ3n) is 0.543. The molecule has 0 N–H and O–H groups in total. The number of aryl methyl sites for hydroxylation is 1. The molecule has 1 aromatic heterocycles. The Bertz CT molecular complexity index is 142. The van der Waals surface area contributed by atoms with Crippen LogP contribution < -0.4 is 0 Å². The maximum atomic E-state index is 5.04. The standard InChI is InChI=1S/C4H4N2O/c1-3-5-4(2)7-6-3/h2H,1H3. The normalized spacial score (nSPS) is 9.43. The van der Waals surface area contributed by atoms with Gasteiger partial charge >= 0.3 is 0 Å². The van der Waals surface area contributed by atoms with Crippen LogP contribution in [0.3, 0.4) is 0 Å². The van der Waals surface area contributed by atoms with Gasteiger partial charge in [-0.2, -0.15) is 4.98 Å². The summed E-state index contributed by atoms with van der Waals surface area (Å²) in [5.41, 5.74) is 0. The van der Waals surface area contributed by atoms with E-state index >= 15 is 0 Å². The van der Waals surface area contributed by atoms with Crippen LogP contribution >= 0.6 is 0 Å². The highest BCUT2D eigenvalue weighted by atomic mass is 16.5. The predicted molar refractivity (Wildman–Crippen MR) is 22.4 cm³/mol. The zero-order chi connectivity index (χ0) is 5.28. The van der Waals surface area contributed by atoms with Gasteiger partial charge in [0.2, 0.25) is 5.89 Å². The molecule has 0 aliphatic carbocycles. The number of hydrogen-bond donors (Lipinski definition) is 0. The SMILES string of the molecule is [CH]c1nc(C)no1. The lowest BCUT2D eigenvalue weighted by molar-refractivity contribution is 0.399. The first-order valence-corrected chi connectivity index (χ1v) is 1.85. The number of aromatic nitrogens is 2. The van der Waals surface area contributed by atoms with Gasteiger partial charge in [-0.05, 0) is 6.92 Å². The van der Waals surface area contributed by atoms with Gasteiger partial charge in [-0.25, -0.2) is 0 Å². The lowest BCUT2D eigenvalue weighted by Gasteiger charge is -1.63. The van der Waals surface area contributed by atoms with Crippen molar-refractivity contribution in [1.82, 2.24) is 10.1 Å². The van der Waals surface area contributed by atoms with Crippen molar-refractivity contribution in [2.75, 3.05) is 0 Å². The molecule has 7 heavy (non-hydrogen) atoms. The molecule has 0 aliphatic heterocycles. The number of rotatable bonds is 0. The predicted octanol–water partition coefficient (Wildman–Crippen LogP) is 0.437. The molecule has 3 nitrogen and oxygen atoms in total. The van der Waals surface area contributed by atoms with E-state index in [1.165, 1.54) is 0 Å². The fraction of sp³-hybridized carbons (Fsp3) is 0.250. The van der Waals surface area contributed by atoms with Crippen LogP contribution in [0.5, 0.6) is 0 Å². The van der Waals surface area contributed by atoms with Crippen molar-refractivity contribution in [3.63, 3.8) is 0 Å². The molecule has 0 unspecified atom stereocenters. The molecule has 0 spiro atoms. The van der Waals surface area contributed by atoms with E-state index in [1.807, 2.05) is 0 Å². The van der Waals surface area contributed by atoms with Crippen LogP contribution in [0, 0.1) is 13.8 Å². The summed E-state index contributed by atoms with van der Waals surface area (Å²) in [6.07, 6.45) is 0. The average molecular weight is 96.1 g/mol. The summed E-state index contributed by atoms with van der Waals surface area (Å²) in [7, 11) is 0. The van der Waals surface area contributed by atoms with Gasteiger partial charge in [0.15, 0.2) is 5.82 Å². The first-order chi connectivity index (χ1) is 3.29. The molecule has 0 bridgehead atoms. The molecule has 1 rings (SSSR count). The molecule has 0 fully saturated rings. The van der Waals surface area contributed by atoms with Crippen molar-refractivity contribution in [1.29, 1.82) is 0 Å². The summed E-state index contributed by atoms with van der Waals surface area (Å²) < 4.78 is 4.38. The van der Waals surface area contributed by atoms with E-state index in [9.17, 15) is 0 Å². The van der Waals surface area contributed by atoms with Gasteiger partial charge in [0.05, 0.1) is 6.92 Å². The molecule has 0 saturated heterocycles. The quantitative estimate of drug-likeness (QED) is 0.470. The summed E-state index contributed by atoms with van der Waals surface area (Å²) in [4.78, 5) is 3.61. The Morgan fingerprint density at radius 3 is 2.57 bits per heavy atom. The first kappa shape index (κ1) is 4.30. The van der Waals surface area contributed by atoms with Crippen LogP contribution in [-0.4, -0.2) is 10.1 Å². The van der Waals surface area contributed by atoms with Crippen molar-refractivity contribution in [2.24, 2.45) is 0 Å².